The van der Waals surface area contributed by atoms with Crippen molar-refractivity contribution in [1.82, 2.24) is 35.3 Å². The first kappa shape index (κ1) is 48.4. The summed E-state index contributed by atoms with van der Waals surface area (Å²) in [5, 5.41) is 36.3. The number of benzene rings is 3. The number of aliphatic imine (C=N–C) groups is 1. The number of esters is 1. The van der Waals surface area contributed by atoms with Crippen LogP contribution in [0.3, 0.4) is 0 Å². The van der Waals surface area contributed by atoms with Crippen molar-refractivity contribution in [3.8, 4) is 38.4 Å². The van der Waals surface area contributed by atoms with Crippen LogP contribution in [0, 0.1) is 44.4 Å². The minimum atomic E-state index is -1.07. The van der Waals surface area contributed by atoms with E-state index in [9.17, 15) is 29.5 Å². The number of aliphatic hydroxyl groups excluding tert-OH is 1. The van der Waals surface area contributed by atoms with Gasteiger partial charge in [0.25, 0.3) is 5.91 Å². The van der Waals surface area contributed by atoms with Gasteiger partial charge in [0.05, 0.1) is 47.0 Å². The Morgan fingerprint density at radius 2 is 1.65 bits per heavy atom. The van der Waals surface area contributed by atoms with Gasteiger partial charge in [0.1, 0.15) is 40.8 Å². The Balaban J connectivity index is 0.929. The molecular formula is C51H53N9O7S2. The van der Waals surface area contributed by atoms with Crippen LogP contribution < -0.4 is 15.4 Å². The third kappa shape index (κ3) is 10.1. The highest BCUT2D eigenvalue weighted by Gasteiger charge is 2.44. The molecule has 1 unspecified atom stereocenters. The molecule has 0 saturated carbocycles. The second-order valence-electron chi connectivity index (χ2n) is 18.3. The summed E-state index contributed by atoms with van der Waals surface area (Å²) in [4.78, 5) is 66.8. The molecule has 3 amide bonds. The molecule has 5 heterocycles. The van der Waals surface area contributed by atoms with E-state index in [0.29, 0.717) is 17.4 Å². The summed E-state index contributed by atoms with van der Waals surface area (Å²) in [5.41, 5.74) is 9.16. The average molecular weight is 968 g/mol. The number of ether oxygens (including phenoxy) is 2. The summed E-state index contributed by atoms with van der Waals surface area (Å²) in [6.45, 7) is 13.0. The summed E-state index contributed by atoms with van der Waals surface area (Å²) in [6, 6.07) is 20.2. The Labute approximate surface area is 408 Å². The SMILES string of the molecule is COC(=O)C[C@@H]1N=C(c2ccc(-c3ccc(OCC(=O)NC(C(=O)N4C[C@H](O)C[C@H]4C(=O)NCc4ccc(-c5scnc5C)cc4)C(C)(C)C)c(C#N)c3)cc2)c2c(sc(C)c2C)-n2c(C)nnc21. The Bertz CT molecular complexity index is 3010. The Morgan fingerprint density at radius 1 is 0.957 bits per heavy atom. The average Bonchev–Trinajstić information content (AvgIpc) is 4.10. The van der Waals surface area contributed by atoms with E-state index in [-0.39, 0.29) is 37.2 Å². The number of rotatable bonds is 13. The van der Waals surface area contributed by atoms with Crippen LogP contribution in [0.4, 0.5) is 0 Å². The molecule has 4 atom stereocenters. The molecule has 3 N–H and O–H groups in total. The number of aromatic nitrogens is 4. The van der Waals surface area contributed by atoms with Crippen molar-refractivity contribution in [1.29, 1.82) is 5.26 Å². The topological polar surface area (TPSA) is 214 Å². The van der Waals surface area contributed by atoms with Gasteiger partial charge in [0.15, 0.2) is 12.4 Å². The molecule has 1 saturated heterocycles. The predicted octanol–water partition coefficient (Wildman–Crippen LogP) is 6.87. The van der Waals surface area contributed by atoms with Crippen molar-refractivity contribution >= 4 is 52.1 Å². The largest absolute Gasteiger partial charge is 0.482 e. The molecule has 0 radical (unpaired) electrons. The van der Waals surface area contributed by atoms with Gasteiger partial charge in [-0.2, -0.15) is 5.26 Å². The van der Waals surface area contributed by atoms with E-state index >= 15 is 0 Å². The number of nitriles is 1. The van der Waals surface area contributed by atoms with E-state index in [4.69, 9.17) is 14.5 Å². The zero-order valence-corrected chi connectivity index (χ0v) is 41.2. The van der Waals surface area contributed by atoms with E-state index in [2.05, 4.69) is 45.7 Å². The van der Waals surface area contributed by atoms with Crippen LogP contribution in [0.15, 0.2) is 77.2 Å². The van der Waals surface area contributed by atoms with Crippen molar-refractivity contribution in [2.24, 2.45) is 10.4 Å². The highest BCUT2D eigenvalue weighted by atomic mass is 32.1. The van der Waals surface area contributed by atoms with E-state index in [1.807, 2.05) is 66.9 Å². The molecule has 8 rings (SSSR count). The molecule has 1 fully saturated rings. The number of nitrogens with zero attached hydrogens (tertiary/aromatic N) is 7. The molecule has 18 heteroatoms. The summed E-state index contributed by atoms with van der Waals surface area (Å²) < 4.78 is 12.9. The number of aliphatic hydroxyl groups is 1. The van der Waals surface area contributed by atoms with Crippen molar-refractivity contribution in [2.45, 2.75) is 92.1 Å². The van der Waals surface area contributed by atoms with Crippen LogP contribution in [0.5, 0.6) is 5.75 Å². The molecule has 6 aromatic rings. The van der Waals surface area contributed by atoms with E-state index in [0.717, 1.165) is 59.4 Å². The lowest BCUT2D eigenvalue weighted by Gasteiger charge is -2.35. The van der Waals surface area contributed by atoms with Gasteiger partial charge in [0, 0.05) is 35.5 Å². The van der Waals surface area contributed by atoms with Gasteiger partial charge in [-0.25, -0.2) is 4.98 Å². The zero-order chi connectivity index (χ0) is 49.3. The van der Waals surface area contributed by atoms with Crippen LogP contribution >= 0.6 is 22.7 Å². The fourth-order valence-electron chi connectivity index (χ4n) is 8.64. The quantitative estimate of drug-likeness (QED) is 0.102. The number of carbonyl (C=O) groups is 4. The fourth-order valence-corrected chi connectivity index (χ4v) is 10.7. The monoisotopic (exact) mass is 967 g/mol. The standard InChI is InChI=1S/C51H53N9O7S2/c1-27-29(3)69-50-43(27)44(55-38(21-42(63)66-8)47-58-57-30(4)60(47)50)33-15-13-32(14-16-33)35-17-18-40(36(19-35)22-52)67-25-41(62)56-46(51(5,6)7)49(65)59-24-37(61)20-39(59)48(64)53-23-31-9-11-34(12-10-31)45-28(2)54-26-68-45/h9-19,26,37-39,46,61H,20-21,23-25H2,1-8H3,(H,53,64)(H,56,62)/t37-,38+,39+,46?/m1/s1. The van der Waals surface area contributed by atoms with Crippen LogP contribution in [-0.2, 0) is 30.5 Å². The highest BCUT2D eigenvalue weighted by Crippen LogP contribution is 2.40. The normalized spacial score (nSPS) is 16.9. The second kappa shape index (κ2) is 19.9. The Hall–Kier alpha value is -7.07. The van der Waals surface area contributed by atoms with E-state index in [1.165, 1.54) is 12.0 Å². The Morgan fingerprint density at radius 3 is 2.32 bits per heavy atom. The third-order valence-corrected chi connectivity index (χ3v) is 14.7. The molecule has 0 aliphatic carbocycles. The summed E-state index contributed by atoms with van der Waals surface area (Å²) >= 11 is 3.18. The van der Waals surface area contributed by atoms with Gasteiger partial charge in [-0.1, -0.05) is 75.4 Å². The fraction of sp³-hybridized carbons (Fsp3) is 0.353. The van der Waals surface area contributed by atoms with Gasteiger partial charge in [0.2, 0.25) is 11.8 Å². The zero-order valence-electron chi connectivity index (χ0n) is 39.6. The minimum absolute atomic E-state index is 0.0115. The molecule has 2 aliphatic rings. The number of hydrogen-bond donors (Lipinski definition) is 3. The Kier molecular flexibility index (Phi) is 13.9. The number of β-amino-alcohol motifs (C(OH)–C–C–N with tert-alkyl or cyclic N) is 1. The molecule has 0 bridgehead atoms. The summed E-state index contributed by atoms with van der Waals surface area (Å²) in [5.74, 6) is -0.493. The van der Waals surface area contributed by atoms with Crippen molar-refractivity contribution in [3.05, 3.63) is 122 Å². The molecule has 3 aromatic carbocycles. The number of aryl methyl sites for hydroxylation is 3. The maximum atomic E-state index is 14.2. The lowest BCUT2D eigenvalue weighted by Crippen LogP contribution is -2.58. The number of thiazole rings is 1. The molecule has 3 aromatic heterocycles. The lowest BCUT2D eigenvalue weighted by atomic mass is 9.85. The third-order valence-electron chi connectivity index (χ3n) is 12.5. The first-order chi connectivity index (χ1) is 32.9. The second-order valence-corrected chi connectivity index (χ2v) is 20.4. The number of hydrogen-bond acceptors (Lipinski definition) is 14. The molecule has 69 heavy (non-hydrogen) atoms. The lowest BCUT2D eigenvalue weighted by molar-refractivity contribution is -0.144. The van der Waals surface area contributed by atoms with Crippen molar-refractivity contribution < 1.29 is 33.8 Å². The van der Waals surface area contributed by atoms with Crippen LogP contribution in [0.2, 0.25) is 0 Å². The van der Waals surface area contributed by atoms with Gasteiger partial charge < -0.3 is 30.1 Å². The van der Waals surface area contributed by atoms with E-state index in [1.54, 1.807) is 67.2 Å². The number of nitrogens with one attached hydrogen (secondary N) is 2. The van der Waals surface area contributed by atoms with Crippen molar-refractivity contribution in [3.63, 3.8) is 0 Å². The minimum Gasteiger partial charge on any atom is -0.482 e. The van der Waals surface area contributed by atoms with Crippen LogP contribution in [-0.4, -0.2) is 97.6 Å². The summed E-state index contributed by atoms with van der Waals surface area (Å²) in [7, 11) is 1.35. The summed E-state index contributed by atoms with van der Waals surface area (Å²) in [6.07, 6.45) is -0.875. The molecule has 356 valence electrons. The molecule has 0 spiro atoms. The molecule has 2 aliphatic heterocycles. The van der Waals surface area contributed by atoms with Gasteiger partial charge in [-0.05, 0) is 73.1 Å². The number of carbonyl (C=O) groups excluding carboxylic acids is 4. The number of likely N-dealkylation sites (tertiary alicyclic amines) is 1. The van der Waals surface area contributed by atoms with E-state index < -0.39 is 59.9 Å². The van der Waals surface area contributed by atoms with Crippen molar-refractivity contribution in [2.75, 3.05) is 20.3 Å². The number of amides is 3. The number of methoxy groups -OCH3 is 1. The van der Waals surface area contributed by atoms with Gasteiger partial charge in [-0.15, -0.1) is 32.9 Å². The van der Waals surface area contributed by atoms with Gasteiger partial charge >= 0.3 is 5.97 Å². The molecular weight excluding hydrogens is 915 g/mol. The maximum Gasteiger partial charge on any atom is 0.308 e. The molecule has 16 nitrogen and oxygen atoms in total. The number of fused-ring (bicyclic) bond motifs is 3. The van der Waals surface area contributed by atoms with Crippen LogP contribution in [0.25, 0.3) is 26.6 Å². The predicted molar refractivity (Wildman–Crippen MR) is 262 cm³/mol. The first-order valence-electron chi connectivity index (χ1n) is 22.5. The van der Waals surface area contributed by atoms with Gasteiger partial charge in [-0.3, -0.25) is 28.7 Å². The highest BCUT2D eigenvalue weighted by molar-refractivity contribution is 7.15. The first-order valence-corrected chi connectivity index (χ1v) is 24.1. The maximum absolute atomic E-state index is 14.2. The van der Waals surface area contributed by atoms with Crippen LogP contribution in [0.1, 0.15) is 89.7 Å². The smallest absolute Gasteiger partial charge is 0.308 e. The number of thiophene rings is 1.